The fourth-order valence-electron chi connectivity index (χ4n) is 4.29. The maximum atomic E-state index is 12.5. The minimum atomic E-state index is 0.244. The highest BCUT2D eigenvalue weighted by Crippen LogP contribution is 2.46. The van der Waals surface area contributed by atoms with Crippen molar-refractivity contribution in [3.8, 4) is 0 Å². The first-order chi connectivity index (χ1) is 9.19. The fourth-order valence-corrected chi connectivity index (χ4v) is 4.29. The number of carbonyl (C=O) groups excluding carboxylic acids is 1. The molecule has 0 radical (unpaired) electrons. The predicted octanol–water partition coefficient (Wildman–Crippen LogP) is 2.56. The molecular formula is C16H28N2O. The van der Waals surface area contributed by atoms with E-state index in [-0.39, 0.29) is 5.92 Å². The summed E-state index contributed by atoms with van der Waals surface area (Å²) in [6.45, 7) is 5.14. The van der Waals surface area contributed by atoms with Gasteiger partial charge in [-0.15, -0.1) is 0 Å². The molecule has 3 nitrogen and oxygen atoms in total. The van der Waals surface area contributed by atoms with Gasteiger partial charge >= 0.3 is 0 Å². The van der Waals surface area contributed by atoms with Gasteiger partial charge in [-0.1, -0.05) is 12.8 Å². The minimum absolute atomic E-state index is 0.244. The highest BCUT2D eigenvalue weighted by molar-refractivity contribution is 5.79. The van der Waals surface area contributed by atoms with Crippen molar-refractivity contribution in [1.29, 1.82) is 0 Å². The first-order valence-electron chi connectivity index (χ1n) is 8.21. The summed E-state index contributed by atoms with van der Waals surface area (Å²) in [6, 6.07) is 0.590. The molecule has 3 rings (SSSR count). The Morgan fingerprint density at radius 1 is 1.11 bits per heavy atom. The van der Waals surface area contributed by atoms with Crippen LogP contribution in [0.4, 0.5) is 0 Å². The van der Waals surface area contributed by atoms with Gasteiger partial charge in [0.2, 0.25) is 5.91 Å². The summed E-state index contributed by atoms with van der Waals surface area (Å²) >= 11 is 0. The Balaban J connectivity index is 1.52. The van der Waals surface area contributed by atoms with Crippen LogP contribution >= 0.6 is 0 Å². The van der Waals surface area contributed by atoms with Crippen LogP contribution in [-0.2, 0) is 4.79 Å². The van der Waals surface area contributed by atoms with Gasteiger partial charge in [0.25, 0.3) is 0 Å². The van der Waals surface area contributed by atoms with Crippen molar-refractivity contribution >= 4 is 5.91 Å². The number of carbonyl (C=O) groups is 1. The van der Waals surface area contributed by atoms with Crippen LogP contribution in [0, 0.1) is 11.3 Å². The molecule has 3 fully saturated rings. The highest BCUT2D eigenvalue weighted by atomic mass is 16.2. The van der Waals surface area contributed by atoms with Gasteiger partial charge in [-0.2, -0.15) is 0 Å². The second-order valence-electron chi connectivity index (χ2n) is 7.12. The molecule has 3 heteroatoms. The Labute approximate surface area is 117 Å². The molecule has 2 aliphatic heterocycles. The van der Waals surface area contributed by atoms with Crippen molar-refractivity contribution in [2.75, 3.05) is 19.6 Å². The molecule has 3 aliphatic rings. The number of hydrogen-bond acceptors (Lipinski definition) is 2. The topological polar surface area (TPSA) is 32.3 Å². The maximum Gasteiger partial charge on any atom is 0.226 e. The average Bonchev–Trinajstić information content (AvgIpc) is 2.88. The van der Waals surface area contributed by atoms with E-state index in [2.05, 4.69) is 17.1 Å². The van der Waals surface area contributed by atoms with Gasteiger partial charge in [0.15, 0.2) is 0 Å². The number of nitrogens with zero attached hydrogens (tertiary/aromatic N) is 1. The Hall–Kier alpha value is -0.570. The van der Waals surface area contributed by atoms with Crippen molar-refractivity contribution in [1.82, 2.24) is 10.2 Å². The van der Waals surface area contributed by atoms with E-state index in [9.17, 15) is 4.79 Å². The van der Waals surface area contributed by atoms with Crippen molar-refractivity contribution in [3.05, 3.63) is 0 Å². The summed E-state index contributed by atoms with van der Waals surface area (Å²) in [7, 11) is 0. The van der Waals surface area contributed by atoms with E-state index in [1.54, 1.807) is 0 Å². The van der Waals surface area contributed by atoms with Crippen molar-refractivity contribution < 1.29 is 4.79 Å². The Bertz CT molecular complexity index is 318. The summed E-state index contributed by atoms with van der Waals surface area (Å²) in [6.07, 6.45) is 10.4. The van der Waals surface area contributed by atoms with Crippen molar-refractivity contribution in [3.63, 3.8) is 0 Å². The van der Waals surface area contributed by atoms with Crippen LogP contribution in [-0.4, -0.2) is 36.5 Å². The molecule has 2 heterocycles. The molecule has 1 N–H and O–H groups in total. The second kappa shape index (κ2) is 5.43. The molecule has 1 spiro atoms. The van der Waals surface area contributed by atoms with Crippen LogP contribution < -0.4 is 5.32 Å². The molecule has 108 valence electrons. The van der Waals surface area contributed by atoms with Gasteiger partial charge in [0.1, 0.15) is 0 Å². The minimum Gasteiger partial charge on any atom is -0.342 e. The van der Waals surface area contributed by atoms with Crippen LogP contribution in [0.2, 0.25) is 0 Å². The zero-order valence-corrected chi connectivity index (χ0v) is 12.3. The third-order valence-electron chi connectivity index (χ3n) is 5.81. The van der Waals surface area contributed by atoms with E-state index in [0.717, 1.165) is 32.5 Å². The molecule has 1 aliphatic carbocycles. The van der Waals surface area contributed by atoms with E-state index in [0.29, 0.717) is 17.4 Å². The van der Waals surface area contributed by atoms with Crippen molar-refractivity contribution in [2.45, 2.75) is 64.3 Å². The number of nitrogens with one attached hydrogen (secondary N) is 1. The summed E-state index contributed by atoms with van der Waals surface area (Å²) in [5.74, 6) is 0.668. The lowest BCUT2D eigenvalue weighted by molar-refractivity contribution is -0.138. The van der Waals surface area contributed by atoms with E-state index in [1.807, 2.05) is 0 Å². The molecule has 0 aromatic heterocycles. The van der Waals surface area contributed by atoms with Crippen LogP contribution in [0.5, 0.6) is 0 Å². The van der Waals surface area contributed by atoms with Gasteiger partial charge in [-0.25, -0.2) is 0 Å². The predicted molar refractivity (Wildman–Crippen MR) is 76.9 cm³/mol. The number of likely N-dealkylation sites (tertiary alicyclic amines) is 1. The van der Waals surface area contributed by atoms with Gasteiger partial charge in [0, 0.05) is 25.7 Å². The Morgan fingerprint density at radius 2 is 1.79 bits per heavy atom. The first-order valence-corrected chi connectivity index (χ1v) is 8.21. The normalized spacial score (nSPS) is 34.7. The number of piperidine rings is 2. The molecule has 2 atom stereocenters. The third kappa shape index (κ3) is 2.81. The van der Waals surface area contributed by atoms with Gasteiger partial charge in [-0.3, -0.25) is 4.79 Å². The van der Waals surface area contributed by atoms with E-state index in [4.69, 9.17) is 0 Å². The second-order valence-corrected chi connectivity index (χ2v) is 7.12. The molecule has 0 aromatic rings. The summed E-state index contributed by atoms with van der Waals surface area (Å²) in [5, 5.41) is 3.45. The standard InChI is InChI=1S/C16H28N2O/c1-13-4-5-14(12-17-13)15(19)18-10-8-16(9-11-18)6-2-3-7-16/h13-14,17H,2-12H2,1H3. The van der Waals surface area contributed by atoms with E-state index >= 15 is 0 Å². The van der Waals surface area contributed by atoms with Crippen LogP contribution in [0.25, 0.3) is 0 Å². The molecule has 1 saturated carbocycles. The third-order valence-corrected chi connectivity index (χ3v) is 5.81. The SMILES string of the molecule is CC1CCC(C(=O)N2CCC3(CCCC3)CC2)CN1. The monoisotopic (exact) mass is 264 g/mol. The number of hydrogen-bond donors (Lipinski definition) is 1. The largest absolute Gasteiger partial charge is 0.342 e. The lowest BCUT2D eigenvalue weighted by Crippen LogP contribution is -2.49. The van der Waals surface area contributed by atoms with Crippen LogP contribution in [0.3, 0.4) is 0 Å². The molecule has 19 heavy (non-hydrogen) atoms. The lowest BCUT2D eigenvalue weighted by atomic mass is 9.77. The highest BCUT2D eigenvalue weighted by Gasteiger charge is 2.39. The molecular weight excluding hydrogens is 236 g/mol. The van der Waals surface area contributed by atoms with Crippen LogP contribution in [0.1, 0.15) is 58.3 Å². The summed E-state index contributed by atoms with van der Waals surface area (Å²) in [4.78, 5) is 14.7. The zero-order valence-electron chi connectivity index (χ0n) is 12.3. The van der Waals surface area contributed by atoms with E-state index < -0.39 is 0 Å². The molecule has 1 amide bonds. The average molecular weight is 264 g/mol. The van der Waals surface area contributed by atoms with Gasteiger partial charge in [0.05, 0.1) is 5.92 Å². The fraction of sp³-hybridized carbons (Fsp3) is 0.938. The molecule has 2 unspecified atom stereocenters. The Morgan fingerprint density at radius 3 is 2.37 bits per heavy atom. The first kappa shape index (κ1) is 13.4. The quantitative estimate of drug-likeness (QED) is 0.789. The number of rotatable bonds is 1. The summed E-state index contributed by atoms with van der Waals surface area (Å²) in [5.41, 5.74) is 0.621. The van der Waals surface area contributed by atoms with Crippen LogP contribution in [0.15, 0.2) is 0 Å². The zero-order chi connectivity index (χ0) is 13.3. The maximum absolute atomic E-state index is 12.5. The van der Waals surface area contributed by atoms with Crippen molar-refractivity contribution in [2.24, 2.45) is 11.3 Å². The van der Waals surface area contributed by atoms with Gasteiger partial charge < -0.3 is 10.2 Å². The van der Waals surface area contributed by atoms with Gasteiger partial charge in [-0.05, 0) is 50.9 Å². The molecule has 2 saturated heterocycles. The molecule has 0 bridgehead atoms. The smallest absolute Gasteiger partial charge is 0.226 e. The summed E-state index contributed by atoms with van der Waals surface area (Å²) < 4.78 is 0. The molecule has 0 aromatic carbocycles. The lowest BCUT2D eigenvalue weighted by Gasteiger charge is -2.41. The Kier molecular flexibility index (Phi) is 3.84. The number of amides is 1. The van der Waals surface area contributed by atoms with E-state index in [1.165, 1.54) is 38.5 Å².